The van der Waals surface area contributed by atoms with E-state index in [1.54, 1.807) is 30.3 Å². The van der Waals surface area contributed by atoms with E-state index in [0.717, 1.165) is 5.56 Å². The van der Waals surface area contributed by atoms with Crippen molar-refractivity contribution < 1.29 is 9.59 Å². The average Bonchev–Trinajstić information content (AvgIpc) is 2.68. The van der Waals surface area contributed by atoms with Gasteiger partial charge in [-0.1, -0.05) is 24.3 Å². The molecule has 0 bridgehead atoms. The fraction of sp³-hybridized carbons (Fsp3) is 0.0476. The molecule has 0 spiro atoms. The van der Waals surface area contributed by atoms with Gasteiger partial charge < -0.3 is 10.6 Å². The number of benzene rings is 2. The summed E-state index contributed by atoms with van der Waals surface area (Å²) in [5.74, 6) is -0.836. The Hall–Kier alpha value is -3.98. The second kappa shape index (κ2) is 7.93. The van der Waals surface area contributed by atoms with Gasteiger partial charge in [-0.15, -0.1) is 0 Å². The predicted molar refractivity (Wildman–Crippen MR) is 102 cm³/mol. The third-order valence-electron chi connectivity index (χ3n) is 3.83. The topological polar surface area (TPSA) is 94.9 Å². The van der Waals surface area contributed by atoms with Crippen molar-refractivity contribution in [3.8, 4) is 6.07 Å². The monoisotopic (exact) mass is 356 g/mol. The summed E-state index contributed by atoms with van der Waals surface area (Å²) in [6.45, 7) is 1.93. The summed E-state index contributed by atoms with van der Waals surface area (Å²) in [5, 5.41) is 14.6. The average molecular weight is 356 g/mol. The number of nitriles is 1. The second-order valence-electron chi connectivity index (χ2n) is 5.86. The van der Waals surface area contributed by atoms with Crippen LogP contribution in [0.25, 0.3) is 0 Å². The molecule has 1 heterocycles. The van der Waals surface area contributed by atoms with Gasteiger partial charge in [0.15, 0.2) is 0 Å². The van der Waals surface area contributed by atoms with Gasteiger partial charge in [0.2, 0.25) is 0 Å². The first-order valence-corrected chi connectivity index (χ1v) is 8.21. The molecule has 0 aliphatic carbocycles. The van der Waals surface area contributed by atoms with E-state index in [4.69, 9.17) is 5.26 Å². The van der Waals surface area contributed by atoms with Crippen molar-refractivity contribution >= 4 is 23.2 Å². The Morgan fingerprint density at radius 3 is 2.56 bits per heavy atom. The van der Waals surface area contributed by atoms with Crippen LogP contribution in [-0.4, -0.2) is 16.8 Å². The van der Waals surface area contributed by atoms with Crippen LogP contribution in [0.3, 0.4) is 0 Å². The lowest BCUT2D eigenvalue weighted by molar-refractivity contribution is 0.102. The summed E-state index contributed by atoms with van der Waals surface area (Å²) >= 11 is 0. The number of pyridine rings is 1. The van der Waals surface area contributed by atoms with E-state index in [2.05, 4.69) is 15.6 Å². The fourth-order valence-electron chi connectivity index (χ4n) is 2.50. The van der Waals surface area contributed by atoms with Crippen molar-refractivity contribution in [2.45, 2.75) is 6.92 Å². The molecule has 0 saturated carbocycles. The quantitative estimate of drug-likeness (QED) is 0.744. The summed E-state index contributed by atoms with van der Waals surface area (Å²) in [4.78, 5) is 28.9. The van der Waals surface area contributed by atoms with Crippen LogP contribution >= 0.6 is 0 Å². The molecule has 1 aromatic heterocycles. The van der Waals surface area contributed by atoms with Gasteiger partial charge in [-0.2, -0.15) is 5.26 Å². The number of amides is 2. The van der Waals surface area contributed by atoms with Crippen LogP contribution in [-0.2, 0) is 0 Å². The number of carbonyl (C=O) groups excluding carboxylic acids is 2. The van der Waals surface area contributed by atoms with Crippen LogP contribution in [0.4, 0.5) is 11.4 Å². The highest BCUT2D eigenvalue weighted by Crippen LogP contribution is 2.16. The van der Waals surface area contributed by atoms with Crippen molar-refractivity contribution in [1.29, 1.82) is 5.26 Å². The van der Waals surface area contributed by atoms with Crippen LogP contribution in [0.1, 0.15) is 32.0 Å². The van der Waals surface area contributed by atoms with Gasteiger partial charge in [0.05, 0.1) is 11.3 Å². The molecule has 3 aromatic rings. The molecule has 3 rings (SSSR count). The zero-order valence-electron chi connectivity index (χ0n) is 14.6. The Morgan fingerprint density at radius 2 is 1.78 bits per heavy atom. The Bertz CT molecular complexity index is 1050. The van der Waals surface area contributed by atoms with Gasteiger partial charge in [-0.05, 0) is 48.9 Å². The molecular weight excluding hydrogens is 340 g/mol. The van der Waals surface area contributed by atoms with Gasteiger partial charge in [-0.25, -0.2) is 0 Å². The van der Waals surface area contributed by atoms with Gasteiger partial charge in [-0.3, -0.25) is 14.6 Å². The number of hydrogen-bond donors (Lipinski definition) is 2. The van der Waals surface area contributed by atoms with Crippen molar-refractivity contribution in [2.75, 3.05) is 10.6 Å². The summed E-state index contributed by atoms with van der Waals surface area (Å²) in [6, 6.07) is 19.0. The number of para-hydroxylation sites is 1. The number of aromatic nitrogens is 1. The number of anilines is 2. The normalized spacial score (nSPS) is 9.93. The Balaban J connectivity index is 1.77. The first-order chi connectivity index (χ1) is 13.1. The lowest BCUT2D eigenvalue weighted by atomic mass is 10.1. The minimum atomic E-state index is -0.426. The molecule has 0 unspecified atom stereocenters. The van der Waals surface area contributed by atoms with E-state index in [0.29, 0.717) is 16.9 Å². The number of carbonyl (C=O) groups is 2. The molecule has 0 fully saturated rings. The summed E-state index contributed by atoms with van der Waals surface area (Å²) in [7, 11) is 0. The Kier molecular flexibility index (Phi) is 5.24. The number of hydrogen-bond acceptors (Lipinski definition) is 4. The molecule has 27 heavy (non-hydrogen) atoms. The van der Waals surface area contributed by atoms with E-state index < -0.39 is 11.8 Å². The van der Waals surface area contributed by atoms with Crippen LogP contribution in [0, 0.1) is 18.3 Å². The second-order valence-corrected chi connectivity index (χ2v) is 5.86. The number of aryl methyl sites for hydroxylation is 1. The molecule has 0 saturated heterocycles. The maximum absolute atomic E-state index is 12.5. The van der Waals surface area contributed by atoms with Gasteiger partial charge in [0, 0.05) is 17.4 Å². The third kappa shape index (κ3) is 4.35. The molecule has 6 heteroatoms. The summed E-state index contributed by atoms with van der Waals surface area (Å²) in [5.41, 5.74) is 2.83. The molecule has 0 atom stereocenters. The molecule has 0 aliphatic rings. The zero-order valence-corrected chi connectivity index (χ0v) is 14.6. The zero-order chi connectivity index (χ0) is 19.2. The Labute approximate surface area is 156 Å². The van der Waals surface area contributed by atoms with Crippen LogP contribution < -0.4 is 10.6 Å². The summed E-state index contributed by atoms with van der Waals surface area (Å²) in [6.07, 6.45) is 1.40. The number of nitrogens with zero attached hydrogens (tertiary/aromatic N) is 2. The molecule has 0 radical (unpaired) electrons. The van der Waals surface area contributed by atoms with Crippen LogP contribution in [0.2, 0.25) is 0 Å². The molecular formula is C21H16N4O2. The lowest BCUT2D eigenvalue weighted by Crippen LogP contribution is -2.17. The highest BCUT2D eigenvalue weighted by Gasteiger charge is 2.13. The molecule has 2 aromatic carbocycles. The van der Waals surface area contributed by atoms with E-state index >= 15 is 0 Å². The van der Waals surface area contributed by atoms with Gasteiger partial charge in [0.1, 0.15) is 11.8 Å². The minimum absolute atomic E-state index is 0.123. The molecule has 2 amide bonds. The third-order valence-corrected chi connectivity index (χ3v) is 3.83. The van der Waals surface area contributed by atoms with E-state index in [-0.39, 0.29) is 11.3 Å². The summed E-state index contributed by atoms with van der Waals surface area (Å²) < 4.78 is 0. The number of rotatable bonds is 4. The largest absolute Gasteiger partial charge is 0.321 e. The first kappa shape index (κ1) is 17.8. The van der Waals surface area contributed by atoms with Crippen molar-refractivity contribution in [2.24, 2.45) is 0 Å². The fourth-order valence-corrected chi connectivity index (χ4v) is 2.50. The van der Waals surface area contributed by atoms with Crippen molar-refractivity contribution in [3.05, 3.63) is 89.2 Å². The molecule has 6 nitrogen and oxygen atoms in total. The van der Waals surface area contributed by atoms with Crippen LogP contribution in [0.5, 0.6) is 0 Å². The molecule has 132 valence electrons. The minimum Gasteiger partial charge on any atom is -0.321 e. The highest BCUT2D eigenvalue weighted by molar-refractivity contribution is 6.08. The molecule has 2 N–H and O–H groups in total. The standard InChI is InChI=1S/C21H16N4O2/c1-14-5-4-7-17(11-14)24-21(27)19-12-15(9-10-23-19)20(26)25-18-8-3-2-6-16(18)13-22/h2-12H,1H3,(H,24,27)(H,25,26). The SMILES string of the molecule is Cc1cccc(NC(=O)c2cc(C(=O)Nc3ccccc3C#N)ccn2)c1. The van der Waals surface area contributed by atoms with Crippen molar-refractivity contribution in [3.63, 3.8) is 0 Å². The maximum Gasteiger partial charge on any atom is 0.274 e. The Morgan fingerprint density at radius 1 is 0.963 bits per heavy atom. The van der Waals surface area contributed by atoms with E-state index in [1.165, 1.54) is 18.3 Å². The van der Waals surface area contributed by atoms with E-state index in [9.17, 15) is 9.59 Å². The first-order valence-electron chi connectivity index (χ1n) is 8.21. The number of nitrogens with one attached hydrogen (secondary N) is 2. The van der Waals surface area contributed by atoms with E-state index in [1.807, 2.05) is 31.2 Å². The molecule has 0 aliphatic heterocycles. The predicted octanol–water partition coefficient (Wildman–Crippen LogP) is 3.77. The lowest BCUT2D eigenvalue weighted by Gasteiger charge is -2.08. The highest BCUT2D eigenvalue weighted by atomic mass is 16.2. The van der Waals surface area contributed by atoms with Crippen LogP contribution in [0.15, 0.2) is 66.9 Å². The van der Waals surface area contributed by atoms with Gasteiger partial charge in [0.25, 0.3) is 11.8 Å². The smallest absolute Gasteiger partial charge is 0.274 e. The van der Waals surface area contributed by atoms with Crippen molar-refractivity contribution in [1.82, 2.24) is 4.98 Å². The maximum atomic E-state index is 12.5. The van der Waals surface area contributed by atoms with Gasteiger partial charge >= 0.3 is 0 Å².